The molecule has 1 atom stereocenters. The Labute approximate surface area is 90.4 Å². The summed E-state index contributed by atoms with van der Waals surface area (Å²) in [4.78, 5) is 11.0. The van der Waals surface area contributed by atoms with Crippen LogP contribution in [0.2, 0.25) is 0 Å². The van der Waals surface area contributed by atoms with Crippen LogP contribution in [0.25, 0.3) is 0 Å². The number of alkyl halides is 3. The number of nitrogens with two attached hydrogens (primary N) is 1. The lowest BCUT2D eigenvalue weighted by molar-refractivity contribution is -0.138. The molecule has 3 N–H and O–H groups in total. The predicted molar refractivity (Wildman–Crippen MR) is 52.4 cm³/mol. The van der Waals surface area contributed by atoms with Gasteiger partial charge in [0.25, 0.3) is 0 Å². The summed E-state index contributed by atoms with van der Waals surface area (Å²) in [7, 11) is 1.38. The van der Waals surface area contributed by atoms with Gasteiger partial charge in [-0.25, -0.2) is 0 Å². The molecule has 0 saturated heterocycles. The van der Waals surface area contributed by atoms with E-state index in [1.54, 1.807) is 0 Å². The molecule has 0 heterocycles. The lowest BCUT2D eigenvalue weighted by atomic mass is 9.99. The Kier molecular flexibility index (Phi) is 3.54. The van der Waals surface area contributed by atoms with Gasteiger partial charge in [-0.2, -0.15) is 13.2 Å². The van der Waals surface area contributed by atoms with Gasteiger partial charge >= 0.3 is 6.18 Å². The van der Waals surface area contributed by atoms with Crippen molar-refractivity contribution < 1.29 is 18.0 Å². The zero-order valence-corrected chi connectivity index (χ0v) is 8.51. The molecule has 0 bridgehead atoms. The molecule has 1 aromatic carbocycles. The third-order valence-corrected chi connectivity index (χ3v) is 2.15. The fraction of sp³-hybridized carbons (Fsp3) is 0.300. The van der Waals surface area contributed by atoms with E-state index in [-0.39, 0.29) is 5.56 Å². The summed E-state index contributed by atoms with van der Waals surface area (Å²) in [6.07, 6.45) is -4.50. The van der Waals surface area contributed by atoms with E-state index >= 15 is 0 Å². The van der Waals surface area contributed by atoms with Crippen LogP contribution in [0.3, 0.4) is 0 Å². The summed E-state index contributed by atoms with van der Waals surface area (Å²) in [6, 6.07) is 3.70. The maximum absolute atomic E-state index is 12.6. The number of amides is 1. The summed E-state index contributed by atoms with van der Waals surface area (Å²) >= 11 is 0. The van der Waals surface area contributed by atoms with E-state index in [1.165, 1.54) is 25.2 Å². The molecule has 0 aliphatic carbocycles. The van der Waals surface area contributed by atoms with Gasteiger partial charge in [-0.3, -0.25) is 4.79 Å². The van der Waals surface area contributed by atoms with Gasteiger partial charge in [-0.15, -0.1) is 0 Å². The standard InChI is InChI=1S/C10H11F3N2O/c1-15-8(9(14)16)6-4-2-3-5-7(6)10(11,12)13/h2-5,8,15H,1H3,(H2,14,16). The van der Waals surface area contributed by atoms with E-state index in [2.05, 4.69) is 5.32 Å². The topological polar surface area (TPSA) is 55.1 Å². The van der Waals surface area contributed by atoms with Gasteiger partial charge in [0.2, 0.25) is 5.91 Å². The van der Waals surface area contributed by atoms with Gasteiger partial charge in [-0.05, 0) is 18.7 Å². The molecule has 16 heavy (non-hydrogen) atoms. The van der Waals surface area contributed by atoms with E-state index in [9.17, 15) is 18.0 Å². The second-order valence-corrected chi connectivity index (χ2v) is 3.21. The fourth-order valence-corrected chi connectivity index (χ4v) is 1.46. The van der Waals surface area contributed by atoms with Crippen molar-refractivity contribution in [1.29, 1.82) is 0 Å². The third-order valence-electron chi connectivity index (χ3n) is 2.15. The quantitative estimate of drug-likeness (QED) is 0.828. The Morgan fingerprint density at radius 2 is 1.94 bits per heavy atom. The highest BCUT2D eigenvalue weighted by molar-refractivity contribution is 5.81. The molecule has 1 unspecified atom stereocenters. The van der Waals surface area contributed by atoms with Crippen LogP contribution < -0.4 is 11.1 Å². The fourth-order valence-electron chi connectivity index (χ4n) is 1.46. The van der Waals surface area contributed by atoms with Crippen molar-refractivity contribution in [2.75, 3.05) is 7.05 Å². The minimum Gasteiger partial charge on any atom is -0.368 e. The Hall–Kier alpha value is -1.56. The van der Waals surface area contributed by atoms with Crippen molar-refractivity contribution in [2.24, 2.45) is 5.73 Å². The summed E-state index contributed by atoms with van der Waals surface area (Å²) in [6.45, 7) is 0. The monoisotopic (exact) mass is 232 g/mol. The number of carbonyl (C=O) groups is 1. The highest BCUT2D eigenvalue weighted by atomic mass is 19.4. The minimum atomic E-state index is -4.50. The van der Waals surface area contributed by atoms with Crippen LogP contribution in [0.5, 0.6) is 0 Å². The van der Waals surface area contributed by atoms with Crippen molar-refractivity contribution >= 4 is 5.91 Å². The average molecular weight is 232 g/mol. The Bertz CT molecular complexity index is 390. The SMILES string of the molecule is CNC(C(N)=O)c1ccccc1C(F)(F)F. The number of hydrogen-bond donors (Lipinski definition) is 2. The van der Waals surface area contributed by atoms with Gasteiger partial charge < -0.3 is 11.1 Å². The molecule has 0 fully saturated rings. The first-order valence-electron chi connectivity index (χ1n) is 4.50. The highest BCUT2D eigenvalue weighted by Gasteiger charge is 2.35. The smallest absolute Gasteiger partial charge is 0.368 e. The van der Waals surface area contributed by atoms with Gasteiger partial charge in [0.15, 0.2) is 0 Å². The summed E-state index contributed by atoms with van der Waals surface area (Å²) < 4.78 is 37.9. The van der Waals surface area contributed by atoms with Crippen molar-refractivity contribution in [3.8, 4) is 0 Å². The largest absolute Gasteiger partial charge is 0.416 e. The molecule has 1 amide bonds. The summed E-state index contributed by atoms with van der Waals surface area (Å²) in [5.41, 5.74) is 4.01. The number of carbonyl (C=O) groups excluding carboxylic acids is 1. The van der Waals surface area contributed by atoms with Crippen LogP contribution in [0.4, 0.5) is 13.2 Å². The first-order valence-corrected chi connectivity index (χ1v) is 4.50. The van der Waals surface area contributed by atoms with Crippen LogP contribution >= 0.6 is 0 Å². The molecule has 1 aromatic rings. The number of likely N-dealkylation sites (N-methyl/N-ethyl adjacent to an activating group) is 1. The lowest BCUT2D eigenvalue weighted by Crippen LogP contribution is -2.32. The maximum atomic E-state index is 12.6. The molecule has 1 rings (SSSR count). The van der Waals surface area contributed by atoms with Crippen LogP contribution in [0, 0.1) is 0 Å². The Balaban J connectivity index is 3.27. The number of primary amides is 1. The molecule has 0 aromatic heterocycles. The van der Waals surface area contributed by atoms with Crippen LogP contribution in [-0.4, -0.2) is 13.0 Å². The van der Waals surface area contributed by atoms with Crippen molar-refractivity contribution in [2.45, 2.75) is 12.2 Å². The van der Waals surface area contributed by atoms with E-state index in [0.29, 0.717) is 0 Å². The summed E-state index contributed by atoms with van der Waals surface area (Å²) in [5, 5.41) is 2.46. The number of benzene rings is 1. The maximum Gasteiger partial charge on any atom is 0.416 e. The molecule has 0 saturated carbocycles. The molecular formula is C10H11F3N2O. The van der Waals surface area contributed by atoms with Gasteiger partial charge in [0.1, 0.15) is 6.04 Å². The average Bonchev–Trinajstić information content (AvgIpc) is 2.17. The van der Waals surface area contributed by atoms with E-state index in [0.717, 1.165) is 6.07 Å². The first-order chi connectivity index (χ1) is 7.38. The minimum absolute atomic E-state index is 0.162. The second kappa shape index (κ2) is 4.52. The predicted octanol–water partition coefficient (Wildman–Crippen LogP) is 1.45. The Morgan fingerprint density at radius 3 is 2.38 bits per heavy atom. The normalized spacial score (nSPS) is 13.5. The summed E-state index contributed by atoms with van der Waals surface area (Å²) in [5.74, 6) is -0.848. The van der Waals surface area contributed by atoms with Gasteiger partial charge in [-0.1, -0.05) is 18.2 Å². The molecule has 3 nitrogen and oxygen atoms in total. The zero-order valence-electron chi connectivity index (χ0n) is 8.51. The molecule has 6 heteroatoms. The number of nitrogens with one attached hydrogen (secondary N) is 1. The zero-order chi connectivity index (χ0) is 12.3. The van der Waals surface area contributed by atoms with Crippen LogP contribution in [-0.2, 0) is 11.0 Å². The molecule has 0 radical (unpaired) electrons. The third kappa shape index (κ3) is 2.52. The van der Waals surface area contributed by atoms with E-state index in [4.69, 9.17) is 5.73 Å². The van der Waals surface area contributed by atoms with Crippen molar-refractivity contribution in [3.63, 3.8) is 0 Å². The highest BCUT2D eigenvalue weighted by Crippen LogP contribution is 2.34. The molecule has 88 valence electrons. The number of halogens is 3. The Morgan fingerprint density at radius 1 is 1.38 bits per heavy atom. The van der Waals surface area contributed by atoms with Gasteiger partial charge in [0.05, 0.1) is 5.56 Å². The van der Waals surface area contributed by atoms with E-state index in [1.807, 2.05) is 0 Å². The first kappa shape index (κ1) is 12.5. The van der Waals surface area contributed by atoms with Crippen molar-refractivity contribution in [1.82, 2.24) is 5.32 Å². The van der Waals surface area contributed by atoms with Crippen molar-refractivity contribution in [3.05, 3.63) is 35.4 Å². The molecule has 0 aliphatic rings. The number of rotatable bonds is 3. The molecular weight excluding hydrogens is 221 g/mol. The second-order valence-electron chi connectivity index (χ2n) is 3.21. The van der Waals surface area contributed by atoms with Gasteiger partial charge in [0, 0.05) is 0 Å². The van der Waals surface area contributed by atoms with Crippen LogP contribution in [0.1, 0.15) is 17.2 Å². The molecule has 0 aliphatic heterocycles. The lowest BCUT2D eigenvalue weighted by Gasteiger charge is -2.18. The molecule has 0 spiro atoms. The van der Waals surface area contributed by atoms with Crippen LogP contribution in [0.15, 0.2) is 24.3 Å². The van der Waals surface area contributed by atoms with E-state index < -0.39 is 23.7 Å². The number of hydrogen-bond acceptors (Lipinski definition) is 2.